The predicted octanol–water partition coefficient (Wildman–Crippen LogP) is 14.1. The van der Waals surface area contributed by atoms with Gasteiger partial charge in [-0.05, 0) is 99.9 Å². The molecule has 0 amide bonds. The second-order valence-corrected chi connectivity index (χ2v) is 21.4. The molecule has 0 bridgehead atoms. The first kappa shape index (κ1) is 50.1. The molecule has 56 heavy (non-hydrogen) atoms. The van der Waals surface area contributed by atoms with Crippen LogP contribution in [0.1, 0.15) is 148 Å². The van der Waals surface area contributed by atoms with Gasteiger partial charge in [-0.3, -0.25) is 0 Å². The van der Waals surface area contributed by atoms with Crippen molar-refractivity contribution in [3.63, 3.8) is 0 Å². The smallest absolute Gasteiger partial charge is 0.418 e. The fraction of sp³-hybridized carbons (Fsp3) is 0.489. The maximum Gasteiger partial charge on any atom is 0.460 e. The van der Waals surface area contributed by atoms with Crippen LogP contribution in [0.25, 0.3) is 0 Å². The van der Waals surface area contributed by atoms with Crippen LogP contribution in [0, 0.1) is 20.8 Å². The fourth-order valence-corrected chi connectivity index (χ4v) is 7.26. The molecular weight excluding hydrogens is 811 g/mol. The SMILES string of the molecule is Cc1cc(C(C)(C)C)ccc1OP(O)Oc1ccc(C(C)(C)C)cc1C(C)(C)C.Cc1ccc(OP(O)Oc2ccc(C(C)(C)C)cc2C)c(C(C)(C)C)c1.[Y]. The minimum Gasteiger partial charge on any atom is -0.418 e. The molecule has 0 fully saturated rings. The van der Waals surface area contributed by atoms with E-state index in [0.717, 1.165) is 22.3 Å². The summed E-state index contributed by atoms with van der Waals surface area (Å²) in [4.78, 5) is 20.9. The maximum absolute atomic E-state index is 10.5. The standard InChI is InChI=1S/C25H37O3P.C22H31O3P.Y/c1-17-15-18(23(2,3)4)11-13-21(17)27-29(26)28-22-14-12-19(24(5,6)7)16-20(22)25(8,9)10;1-15-9-11-20(18(13-15)22(6,7)8)25-26(23)24-19-12-10-17(14-16(19)2)21(3,4)5;/h11-16,26H,1-10H3;9-14,23H,1-8H3;. The Morgan fingerprint density at radius 2 is 0.661 bits per heavy atom. The molecule has 0 aromatic heterocycles. The zero-order valence-electron chi connectivity index (χ0n) is 37.4. The molecule has 2 atom stereocenters. The van der Waals surface area contributed by atoms with Crippen molar-refractivity contribution in [3.05, 3.63) is 117 Å². The first-order valence-corrected chi connectivity index (χ1v) is 21.4. The Morgan fingerprint density at radius 1 is 0.375 bits per heavy atom. The minimum atomic E-state index is -2.09. The average molecular weight is 880 g/mol. The van der Waals surface area contributed by atoms with E-state index in [-0.39, 0.29) is 59.8 Å². The third-order valence-corrected chi connectivity index (χ3v) is 10.8. The summed E-state index contributed by atoms with van der Waals surface area (Å²) in [5.41, 5.74) is 8.97. The summed E-state index contributed by atoms with van der Waals surface area (Å²) in [6, 6.07) is 24.3. The maximum atomic E-state index is 10.5. The summed E-state index contributed by atoms with van der Waals surface area (Å²) >= 11 is 0. The van der Waals surface area contributed by atoms with Gasteiger partial charge >= 0.3 is 17.2 Å². The first-order valence-electron chi connectivity index (χ1n) is 19.1. The van der Waals surface area contributed by atoms with Crippen molar-refractivity contribution in [3.8, 4) is 23.0 Å². The summed E-state index contributed by atoms with van der Waals surface area (Å²) in [7, 11) is -4.15. The van der Waals surface area contributed by atoms with Crippen LogP contribution in [0.2, 0.25) is 0 Å². The predicted molar refractivity (Wildman–Crippen MR) is 234 cm³/mol. The Morgan fingerprint density at radius 3 is 0.982 bits per heavy atom. The number of aryl methyl sites for hydroxylation is 3. The van der Waals surface area contributed by atoms with E-state index in [4.69, 9.17) is 18.1 Å². The Hall–Kier alpha value is -2.04. The Kier molecular flexibility index (Phi) is 17.3. The van der Waals surface area contributed by atoms with Gasteiger partial charge in [-0.25, -0.2) is 0 Å². The van der Waals surface area contributed by atoms with Crippen LogP contribution < -0.4 is 18.1 Å². The monoisotopic (exact) mass is 879 g/mol. The number of benzene rings is 4. The third kappa shape index (κ3) is 14.7. The van der Waals surface area contributed by atoms with Gasteiger partial charge in [-0.1, -0.05) is 158 Å². The van der Waals surface area contributed by atoms with Crippen LogP contribution in [0.5, 0.6) is 23.0 Å². The van der Waals surface area contributed by atoms with Crippen LogP contribution in [-0.4, -0.2) is 9.79 Å². The molecule has 4 aromatic rings. The molecule has 0 saturated carbocycles. The molecule has 9 heteroatoms. The molecule has 0 aliphatic carbocycles. The molecule has 305 valence electrons. The van der Waals surface area contributed by atoms with E-state index >= 15 is 0 Å². The van der Waals surface area contributed by atoms with E-state index in [1.807, 2.05) is 56.3 Å². The van der Waals surface area contributed by atoms with Crippen LogP contribution in [-0.2, 0) is 59.8 Å². The largest absolute Gasteiger partial charge is 0.460 e. The number of hydrogen-bond acceptors (Lipinski definition) is 6. The topological polar surface area (TPSA) is 77.4 Å². The van der Waals surface area contributed by atoms with Gasteiger partial charge in [0.05, 0.1) is 0 Å². The van der Waals surface area contributed by atoms with Gasteiger partial charge in [0.2, 0.25) is 0 Å². The van der Waals surface area contributed by atoms with Crippen LogP contribution in [0.4, 0.5) is 0 Å². The van der Waals surface area contributed by atoms with Crippen LogP contribution in [0.3, 0.4) is 0 Å². The number of hydrogen-bond donors (Lipinski definition) is 2. The van der Waals surface area contributed by atoms with Crippen molar-refractivity contribution in [1.82, 2.24) is 0 Å². The van der Waals surface area contributed by atoms with Crippen molar-refractivity contribution in [2.45, 2.75) is 152 Å². The Bertz CT molecular complexity index is 1910. The zero-order valence-corrected chi connectivity index (χ0v) is 42.1. The fourth-order valence-electron chi connectivity index (χ4n) is 5.78. The third-order valence-electron chi connectivity index (χ3n) is 9.38. The van der Waals surface area contributed by atoms with Crippen molar-refractivity contribution in [2.75, 3.05) is 0 Å². The van der Waals surface area contributed by atoms with Gasteiger partial charge in [-0.15, -0.1) is 0 Å². The van der Waals surface area contributed by atoms with Crippen LogP contribution in [0.15, 0.2) is 72.8 Å². The normalized spacial score (nSPS) is 13.4. The summed E-state index contributed by atoms with van der Waals surface area (Å²) in [6.07, 6.45) is 0. The molecule has 0 aliphatic heterocycles. The molecule has 2 unspecified atom stereocenters. The van der Waals surface area contributed by atoms with Crippen molar-refractivity contribution in [2.24, 2.45) is 0 Å². The molecular formula is C47H68O6P2Y. The summed E-state index contributed by atoms with van der Waals surface area (Å²) in [5, 5.41) is 0. The van der Waals surface area contributed by atoms with Gasteiger partial charge in [0.25, 0.3) is 0 Å². The van der Waals surface area contributed by atoms with Gasteiger partial charge in [0.15, 0.2) is 0 Å². The van der Waals surface area contributed by atoms with Crippen molar-refractivity contribution < 1.29 is 60.6 Å². The van der Waals surface area contributed by atoms with E-state index < -0.39 is 17.2 Å². The molecule has 0 spiro atoms. The molecule has 6 nitrogen and oxygen atoms in total. The Labute approximate surface area is 367 Å². The number of rotatable bonds is 8. The average Bonchev–Trinajstić information content (AvgIpc) is 3.02. The van der Waals surface area contributed by atoms with E-state index in [9.17, 15) is 9.79 Å². The van der Waals surface area contributed by atoms with Gasteiger partial charge < -0.3 is 27.9 Å². The van der Waals surface area contributed by atoms with Crippen LogP contribution >= 0.6 is 17.2 Å². The van der Waals surface area contributed by atoms with Crippen molar-refractivity contribution >= 4 is 17.2 Å². The molecule has 1 radical (unpaired) electrons. The van der Waals surface area contributed by atoms with Crippen molar-refractivity contribution in [1.29, 1.82) is 0 Å². The molecule has 4 aromatic carbocycles. The van der Waals surface area contributed by atoms with E-state index in [1.165, 1.54) is 22.3 Å². The summed E-state index contributed by atoms with van der Waals surface area (Å²) in [6.45, 7) is 38.5. The van der Waals surface area contributed by atoms with Gasteiger partial charge in [0.1, 0.15) is 23.0 Å². The second-order valence-electron chi connectivity index (χ2n) is 19.8. The summed E-state index contributed by atoms with van der Waals surface area (Å²) < 4.78 is 23.2. The molecule has 0 heterocycles. The molecule has 4 rings (SSSR count). The quantitative estimate of drug-likeness (QED) is 0.172. The second kappa shape index (κ2) is 19.4. The van der Waals surface area contributed by atoms with E-state index in [2.05, 4.69) is 141 Å². The minimum absolute atomic E-state index is 0. The first-order chi connectivity index (χ1) is 25.0. The zero-order chi connectivity index (χ0) is 41.9. The Balaban J connectivity index is 0.000000382. The molecule has 0 saturated heterocycles. The molecule has 2 N–H and O–H groups in total. The van der Waals surface area contributed by atoms with E-state index in [0.29, 0.717) is 23.0 Å². The van der Waals surface area contributed by atoms with E-state index in [1.54, 1.807) is 0 Å². The molecule has 0 aliphatic rings. The summed E-state index contributed by atoms with van der Waals surface area (Å²) in [5.74, 6) is 2.63. The van der Waals surface area contributed by atoms with Gasteiger partial charge in [0, 0.05) is 43.8 Å². The van der Waals surface area contributed by atoms with Gasteiger partial charge in [-0.2, -0.15) is 0 Å².